The molecule has 0 radical (unpaired) electrons. The van der Waals surface area contributed by atoms with Crippen LogP contribution in [0.1, 0.15) is 19.4 Å². The highest BCUT2D eigenvalue weighted by Crippen LogP contribution is 2.17. The zero-order chi connectivity index (χ0) is 12.3. The van der Waals surface area contributed by atoms with Crippen molar-refractivity contribution in [3.05, 3.63) is 12.3 Å². The van der Waals surface area contributed by atoms with Crippen molar-refractivity contribution in [1.82, 2.24) is 15.1 Å². The summed E-state index contributed by atoms with van der Waals surface area (Å²) >= 11 is 0. The summed E-state index contributed by atoms with van der Waals surface area (Å²) < 4.78 is 1.86. The van der Waals surface area contributed by atoms with Gasteiger partial charge in [0.2, 0.25) is 5.91 Å². The number of hydrogen-bond donors (Lipinski definition) is 3. The van der Waals surface area contributed by atoms with Crippen LogP contribution in [0.3, 0.4) is 0 Å². The summed E-state index contributed by atoms with van der Waals surface area (Å²) in [5.74, 6) is 0.972. The minimum Gasteiger partial charge on any atom is -0.330 e. The molecule has 6 nitrogen and oxygen atoms in total. The molecule has 1 atom stereocenters. The topological polar surface area (TPSA) is 85.0 Å². The highest BCUT2D eigenvalue weighted by molar-refractivity contribution is 5.89. The van der Waals surface area contributed by atoms with Gasteiger partial charge in [-0.05, 0) is 12.5 Å². The van der Waals surface area contributed by atoms with Crippen LogP contribution in [0, 0.1) is 5.92 Å². The summed E-state index contributed by atoms with van der Waals surface area (Å²) in [4.78, 5) is 11.7. The van der Waals surface area contributed by atoms with E-state index in [9.17, 15) is 4.79 Å². The summed E-state index contributed by atoms with van der Waals surface area (Å²) in [6.45, 7) is 4.31. The Morgan fingerprint density at radius 1 is 1.76 bits per heavy atom. The first kappa shape index (κ1) is 12.1. The molecule has 1 aromatic rings. The third-order valence-electron chi connectivity index (χ3n) is 2.98. The molecule has 0 aliphatic carbocycles. The van der Waals surface area contributed by atoms with Gasteiger partial charge in [-0.15, -0.1) is 0 Å². The largest absolute Gasteiger partial charge is 0.330 e. The second-order valence-corrected chi connectivity index (χ2v) is 4.57. The van der Waals surface area contributed by atoms with E-state index in [1.165, 1.54) is 0 Å². The molecule has 2 heterocycles. The molecule has 4 N–H and O–H groups in total. The molecule has 0 spiro atoms. The minimum atomic E-state index is -0.00279. The van der Waals surface area contributed by atoms with E-state index in [1.54, 1.807) is 6.20 Å². The number of nitrogens with two attached hydrogens (primary N) is 1. The molecular weight excluding hydrogens is 218 g/mol. The average Bonchev–Trinajstić information content (AvgIpc) is 2.63. The van der Waals surface area contributed by atoms with Crippen LogP contribution in [-0.4, -0.2) is 35.3 Å². The summed E-state index contributed by atoms with van der Waals surface area (Å²) in [5, 5.41) is 10.3. The van der Waals surface area contributed by atoms with Crippen LogP contribution in [0.25, 0.3) is 0 Å². The first-order valence-corrected chi connectivity index (χ1v) is 5.95. The Balaban J connectivity index is 1.93. The van der Waals surface area contributed by atoms with Gasteiger partial charge in [0.25, 0.3) is 0 Å². The smallest absolute Gasteiger partial charge is 0.225 e. The van der Waals surface area contributed by atoms with Crippen LogP contribution in [-0.2, 0) is 4.79 Å². The number of rotatable bonds is 5. The van der Waals surface area contributed by atoms with E-state index in [4.69, 9.17) is 5.73 Å². The van der Waals surface area contributed by atoms with Crippen LogP contribution in [0.15, 0.2) is 12.3 Å². The first-order chi connectivity index (χ1) is 8.20. The van der Waals surface area contributed by atoms with Crippen molar-refractivity contribution in [3.63, 3.8) is 0 Å². The van der Waals surface area contributed by atoms with Gasteiger partial charge < -0.3 is 16.4 Å². The maximum Gasteiger partial charge on any atom is 0.225 e. The van der Waals surface area contributed by atoms with Crippen molar-refractivity contribution in [2.24, 2.45) is 11.7 Å². The average molecular weight is 237 g/mol. The fourth-order valence-electron chi connectivity index (χ4n) is 1.74. The number of nitrogens with one attached hydrogen (secondary N) is 2. The second kappa shape index (κ2) is 5.29. The molecule has 0 saturated carbocycles. The van der Waals surface area contributed by atoms with Crippen molar-refractivity contribution >= 4 is 11.7 Å². The molecule has 94 valence electrons. The zero-order valence-electron chi connectivity index (χ0n) is 10.0. The van der Waals surface area contributed by atoms with E-state index >= 15 is 0 Å². The molecule has 1 saturated heterocycles. The lowest BCUT2D eigenvalue weighted by molar-refractivity contribution is -0.116. The highest BCUT2D eigenvalue weighted by Gasteiger charge is 2.22. The van der Waals surface area contributed by atoms with Crippen molar-refractivity contribution in [1.29, 1.82) is 0 Å². The van der Waals surface area contributed by atoms with Gasteiger partial charge in [0.1, 0.15) is 5.82 Å². The molecule has 1 amide bonds. The van der Waals surface area contributed by atoms with Crippen molar-refractivity contribution in [2.45, 2.75) is 19.4 Å². The number of amides is 1. The third-order valence-corrected chi connectivity index (χ3v) is 2.98. The van der Waals surface area contributed by atoms with E-state index in [0.29, 0.717) is 19.0 Å². The number of hydrogen-bond acceptors (Lipinski definition) is 4. The third kappa shape index (κ3) is 2.83. The molecule has 1 fully saturated rings. The van der Waals surface area contributed by atoms with Crippen molar-refractivity contribution in [3.8, 4) is 0 Å². The quantitative estimate of drug-likeness (QED) is 0.670. The van der Waals surface area contributed by atoms with E-state index < -0.39 is 0 Å². The Kier molecular flexibility index (Phi) is 3.75. The standard InChI is InChI=1S/C11H19N5O/c1-8(5-12)4-11(17)15-10-2-3-14-16(10)9-6-13-7-9/h2-3,8-9,13H,4-7,12H2,1H3,(H,15,17). The van der Waals surface area contributed by atoms with E-state index in [-0.39, 0.29) is 11.8 Å². The molecule has 17 heavy (non-hydrogen) atoms. The van der Waals surface area contributed by atoms with E-state index in [2.05, 4.69) is 15.7 Å². The van der Waals surface area contributed by atoms with Crippen LogP contribution in [0.5, 0.6) is 0 Å². The number of carbonyl (C=O) groups is 1. The Bertz CT molecular complexity index is 385. The number of carbonyl (C=O) groups excluding carboxylic acids is 1. The van der Waals surface area contributed by atoms with Gasteiger partial charge in [0, 0.05) is 25.6 Å². The van der Waals surface area contributed by atoms with Gasteiger partial charge in [-0.2, -0.15) is 5.10 Å². The normalized spacial score (nSPS) is 17.5. The maximum absolute atomic E-state index is 11.7. The van der Waals surface area contributed by atoms with Gasteiger partial charge in [-0.3, -0.25) is 4.79 Å². The van der Waals surface area contributed by atoms with E-state index in [0.717, 1.165) is 18.9 Å². The second-order valence-electron chi connectivity index (χ2n) is 4.57. The van der Waals surface area contributed by atoms with E-state index in [1.807, 2.05) is 17.7 Å². The monoisotopic (exact) mass is 237 g/mol. The molecule has 0 bridgehead atoms. The molecule has 1 aliphatic rings. The molecule has 1 aromatic heterocycles. The Morgan fingerprint density at radius 3 is 3.12 bits per heavy atom. The summed E-state index contributed by atoms with van der Waals surface area (Å²) in [7, 11) is 0. The van der Waals surface area contributed by atoms with Crippen LogP contribution < -0.4 is 16.4 Å². The SMILES string of the molecule is CC(CN)CC(=O)Nc1ccnn1C1CNC1. The van der Waals surface area contributed by atoms with Gasteiger partial charge in [-0.25, -0.2) is 4.68 Å². The highest BCUT2D eigenvalue weighted by atomic mass is 16.1. The van der Waals surface area contributed by atoms with Crippen molar-refractivity contribution < 1.29 is 4.79 Å². The predicted molar refractivity (Wildman–Crippen MR) is 65.6 cm³/mol. The number of aromatic nitrogens is 2. The van der Waals surface area contributed by atoms with Crippen molar-refractivity contribution in [2.75, 3.05) is 25.0 Å². The zero-order valence-corrected chi connectivity index (χ0v) is 10.0. The molecule has 2 rings (SSSR count). The fourth-order valence-corrected chi connectivity index (χ4v) is 1.74. The molecule has 6 heteroatoms. The summed E-state index contributed by atoms with van der Waals surface area (Å²) in [5.41, 5.74) is 5.50. The Labute approximate surface area is 101 Å². The van der Waals surface area contributed by atoms with Gasteiger partial charge in [0.05, 0.1) is 12.2 Å². The summed E-state index contributed by atoms with van der Waals surface area (Å²) in [6, 6.07) is 2.18. The number of anilines is 1. The molecule has 1 aliphatic heterocycles. The molecular formula is C11H19N5O. The van der Waals surface area contributed by atoms with Crippen LogP contribution in [0.4, 0.5) is 5.82 Å². The van der Waals surface area contributed by atoms with Gasteiger partial charge in [0.15, 0.2) is 0 Å². The summed E-state index contributed by atoms with van der Waals surface area (Å²) in [6.07, 6.45) is 2.16. The Morgan fingerprint density at radius 2 is 2.53 bits per heavy atom. The molecule has 1 unspecified atom stereocenters. The fraction of sp³-hybridized carbons (Fsp3) is 0.636. The maximum atomic E-state index is 11.7. The van der Waals surface area contributed by atoms with Crippen LogP contribution in [0.2, 0.25) is 0 Å². The lowest BCUT2D eigenvalue weighted by Crippen LogP contribution is -2.44. The first-order valence-electron chi connectivity index (χ1n) is 5.95. The Hall–Kier alpha value is -1.40. The minimum absolute atomic E-state index is 0.00279. The molecule has 0 aromatic carbocycles. The lowest BCUT2D eigenvalue weighted by Gasteiger charge is -2.28. The number of nitrogens with zero attached hydrogens (tertiary/aromatic N) is 2. The lowest BCUT2D eigenvalue weighted by atomic mass is 10.1. The van der Waals surface area contributed by atoms with Gasteiger partial charge >= 0.3 is 0 Å². The predicted octanol–water partition coefficient (Wildman–Crippen LogP) is -0.0492. The van der Waals surface area contributed by atoms with Crippen LogP contribution >= 0.6 is 0 Å². The van der Waals surface area contributed by atoms with Gasteiger partial charge in [-0.1, -0.05) is 6.92 Å².